The van der Waals surface area contributed by atoms with Crippen LogP contribution in [-0.2, 0) is 10.8 Å². The lowest BCUT2D eigenvalue weighted by Gasteiger charge is -2.47. The first-order valence-electron chi connectivity index (χ1n) is 19.9. The molecule has 10 rings (SSSR count). The van der Waals surface area contributed by atoms with Crippen LogP contribution in [-0.4, -0.2) is 15.0 Å². The minimum Gasteiger partial charge on any atom is -0.455 e. The average molecular weight is 760 g/mol. The highest BCUT2D eigenvalue weighted by Gasteiger charge is 2.53. The Morgan fingerprint density at radius 3 is 1.81 bits per heavy atom. The van der Waals surface area contributed by atoms with E-state index in [0.29, 0.717) is 28.5 Å². The molecule has 2 aliphatic rings. The van der Waals surface area contributed by atoms with Gasteiger partial charge in [-0.2, -0.15) is 0 Å². The molecule has 0 radical (unpaired) electrons. The van der Waals surface area contributed by atoms with E-state index in [-0.39, 0.29) is 5.41 Å². The standard InChI is InChI=1S/C55H41N3O/c1-7-39(50-34(4)40-24-15-18-29-49(40)59-50)53-57-51(35-20-11-10-12-21-35)56-52(58-53)38-23-19-22-36(32-38)37-30-31-47-48(33-37)55(44(9-3)43(8-2)54(47,5)6)45-27-16-13-25-41(45)42-26-14-17-28-46(42)55/h7-33H,1-4H2,5-6H3/b50-39-. The monoisotopic (exact) mass is 759 g/mol. The number of fused-ring (bicyclic) bond motifs is 8. The van der Waals surface area contributed by atoms with Gasteiger partial charge in [-0.05, 0) is 73.9 Å². The summed E-state index contributed by atoms with van der Waals surface area (Å²) >= 11 is 0. The summed E-state index contributed by atoms with van der Waals surface area (Å²) in [5.41, 5.74) is 14.8. The van der Waals surface area contributed by atoms with Crippen molar-refractivity contribution >= 4 is 23.1 Å². The predicted octanol–water partition coefficient (Wildman–Crippen LogP) is 11.7. The van der Waals surface area contributed by atoms with E-state index in [0.717, 1.165) is 38.4 Å². The third-order valence-corrected chi connectivity index (χ3v) is 12.3. The fraction of sp³-hybridized carbons (Fsp3) is 0.0727. The zero-order valence-corrected chi connectivity index (χ0v) is 33.2. The Bertz CT molecular complexity index is 3170. The van der Waals surface area contributed by atoms with Crippen LogP contribution in [0.4, 0.5) is 0 Å². The Labute approximate surface area is 344 Å². The Balaban J connectivity index is 1.19. The molecule has 4 heteroatoms. The number of allylic oxidation sites excluding steroid dienone is 5. The van der Waals surface area contributed by atoms with Crippen molar-refractivity contribution in [2.45, 2.75) is 24.7 Å². The summed E-state index contributed by atoms with van der Waals surface area (Å²) in [6.45, 7) is 22.0. The molecule has 0 atom stereocenters. The van der Waals surface area contributed by atoms with E-state index in [1.54, 1.807) is 6.08 Å². The lowest BCUT2D eigenvalue weighted by molar-refractivity contribution is 0.566. The van der Waals surface area contributed by atoms with Crippen LogP contribution in [0.3, 0.4) is 0 Å². The van der Waals surface area contributed by atoms with Crippen molar-refractivity contribution in [2.75, 3.05) is 0 Å². The van der Waals surface area contributed by atoms with Crippen molar-refractivity contribution in [2.24, 2.45) is 0 Å². The van der Waals surface area contributed by atoms with Gasteiger partial charge in [0.1, 0.15) is 11.0 Å². The smallest absolute Gasteiger partial charge is 0.167 e. The van der Waals surface area contributed by atoms with E-state index in [2.05, 4.69) is 137 Å². The molecule has 2 aromatic heterocycles. The summed E-state index contributed by atoms with van der Waals surface area (Å²) in [4.78, 5) is 15.2. The van der Waals surface area contributed by atoms with Crippen molar-refractivity contribution in [3.8, 4) is 45.0 Å². The van der Waals surface area contributed by atoms with Gasteiger partial charge < -0.3 is 4.42 Å². The summed E-state index contributed by atoms with van der Waals surface area (Å²) in [7, 11) is 0. The number of hydrogen-bond donors (Lipinski definition) is 0. The number of rotatable bonds is 7. The molecule has 4 nitrogen and oxygen atoms in total. The minimum atomic E-state index is -0.578. The Morgan fingerprint density at radius 1 is 0.542 bits per heavy atom. The van der Waals surface area contributed by atoms with Gasteiger partial charge in [-0.3, -0.25) is 0 Å². The van der Waals surface area contributed by atoms with Crippen LogP contribution in [0.5, 0.6) is 0 Å². The maximum atomic E-state index is 6.36. The third kappa shape index (κ3) is 5.26. The van der Waals surface area contributed by atoms with Crippen LogP contribution in [0.2, 0.25) is 0 Å². The average Bonchev–Trinajstić information content (AvgIpc) is 3.77. The number of aromatic nitrogens is 3. The first-order chi connectivity index (χ1) is 28.8. The number of benzene rings is 6. The Kier molecular flexibility index (Phi) is 8.29. The van der Waals surface area contributed by atoms with Gasteiger partial charge in [-0.15, -0.1) is 0 Å². The van der Waals surface area contributed by atoms with E-state index >= 15 is 0 Å². The van der Waals surface area contributed by atoms with Gasteiger partial charge in [0, 0.05) is 27.1 Å². The molecule has 0 N–H and O–H groups in total. The largest absolute Gasteiger partial charge is 0.455 e. The highest BCUT2D eigenvalue weighted by Crippen LogP contribution is 2.62. The normalized spacial score (nSPS) is 15.0. The van der Waals surface area contributed by atoms with E-state index in [4.69, 9.17) is 19.4 Å². The third-order valence-electron chi connectivity index (χ3n) is 12.3. The van der Waals surface area contributed by atoms with Crippen molar-refractivity contribution in [1.82, 2.24) is 15.0 Å². The fourth-order valence-corrected chi connectivity index (χ4v) is 9.63. The summed E-state index contributed by atoms with van der Waals surface area (Å²) < 4.78 is 6.36. The minimum absolute atomic E-state index is 0.319. The van der Waals surface area contributed by atoms with Crippen molar-refractivity contribution in [1.29, 1.82) is 0 Å². The number of furan rings is 1. The maximum absolute atomic E-state index is 6.36. The molecule has 282 valence electrons. The summed E-state index contributed by atoms with van der Waals surface area (Å²) in [5.74, 6) is 1.55. The number of hydrogen-bond acceptors (Lipinski definition) is 4. The lowest BCUT2D eigenvalue weighted by Crippen LogP contribution is -2.40. The van der Waals surface area contributed by atoms with Crippen LogP contribution in [0.1, 0.15) is 41.9 Å². The van der Waals surface area contributed by atoms with E-state index in [1.807, 2.05) is 60.7 Å². The zero-order chi connectivity index (χ0) is 40.5. The molecule has 0 saturated carbocycles. The van der Waals surface area contributed by atoms with Crippen LogP contribution >= 0.6 is 0 Å². The van der Waals surface area contributed by atoms with Gasteiger partial charge in [0.25, 0.3) is 0 Å². The van der Waals surface area contributed by atoms with Crippen molar-refractivity contribution in [3.63, 3.8) is 0 Å². The molecule has 0 bridgehead atoms. The Hall–Kier alpha value is -7.43. The number of nitrogens with zero attached hydrogens (tertiary/aromatic N) is 3. The van der Waals surface area contributed by atoms with Crippen LogP contribution < -0.4 is 10.6 Å². The first kappa shape index (κ1) is 35.9. The fourth-order valence-electron chi connectivity index (χ4n) is 9.63. The van der Waals surface area contributed by atoms with Crippen LogP contribution in [0.15, 0.2) is 199 Å². The molecule has 59 heavy (non-hydrogen) atoms. The zero-order valence-electron chi connectivity index (χ0n) is 33.2. The second kappa shape index (κ2) is 13.6. The van der Waals surface area contributed by atoms with Gasteiger partial charge in [0.2, 0.25) is 0 Å². The highest BCUT2D eigenvalue weighted by atomic mass is 16.3. The van der Waals surface area contributed by atoms with Crippen LogP contribution in [0.25, 0.3) is 68.2 Å². The molecule has 1 spiro atoms. The second-order valence-electron chi connectivity index (χ2n) is 15.7. The molecule has 0 fully saturated rings. The lowest BCUT2D eigenvalue weighted by atomic mass is 9.55. The summed E-state index contributed by atoms with van der Waals surface area (Å²) in [6.07, 6.45) is 5.84. The SMILES string of the molecule is C=CC1=C(C=C)C2(c3ccccc3-c3ccccc32)c2cc(-c3cccc(-c4nc(/C(C=C)=c5\oc6ccccc6c5=C)nc(-c5ccccc5)n4)c3)ccc2C1(C)C. The second-order valence-corrected chi connectivity index (χ2v) is 15.7. The first-order valence-corrected chi connectivity index (χ1v) is 19.9. The summed E-state index contributed by atoms with van der Waals surface area (Å²) in [6, 6.07) is 50.9. The van der Waals surface area contributed by atoms with Gasteiger partial charge >= 0.3 is 0 Å². The van der Waals surface area contributed by atoms with Gasteiger partial charge in [0.05, 0.1) is 11.0 Å². The quantitative estimate of drug-likeness (QED) is 0.162. The molecule has 0 saturated heterocycles. The Morgan fingerprint density at radius 2 is 1.14 bits per heavy atom. The van der Waals surface area contributed by atoms with E-state index < -0.39 is 5.41 Å². The molecule has 8 aromatic rings. The van der Waals surface area contributed by atoms with E-state index in [1.165, 1.54) is 44.5 Å². The molecule has 6 aromatic carbocycles. The van der Waals surface area contributed by atoms with E-state index in [9.17, 15) is 0 Å². The van der Waals surface area contributed by atoms with Gasteiger partial charge in [-0.1, -0.05) is 186 Å². The van der Waals surface area contributed by atoms with Gasteiger partial charge in [0.15, 0.2) is 17.5 Å². The molecular formula is C55H41N3O. The van der Waals surface area contributed by atoms with Crippen LogP contribution in [0, 0.1) is 0 Å². The van der Waals surface area contributed by atoms with Crippen molar-refractivity contribution < 1.29 is 4.42 Å². The predicted molar refractivity (Wildman–Crippen MR) is 242 cm³/mol. The molecule has 0 unspecified atom stereocenters. The number of para-hydroxylation sites is 1. The van der Waals surface area contributed by atoms with Crippen molar-refractivity contribution in [3.05, 3.63) is 233 Å². The topological polar surface area (TPSA) is 51.8 Å². The summed E-state index contributed by atoms with van der Waals surface area (Å²) in [5, 5.41) is 1.69. The molecule has 0 amide bonds. The molecular weight excluding hydrogens is 719 g/mol. The molecule has 2 aliphatic carbocycles. The molecule has 0 aliphatic heterocycles. The van der Waals surface area contributed by atoms with Gasteiger partial charge in [-0.25, -0.2) is 15.0 Å². The maximum Gasteiger partial charge on any atom is 0.167 e. The molecule has 2 heterocycles. The highest BCUT2D eigenvalue weighted by molar-refractivity contribution is 5.90.